The van der Waals surface area contributed by atoms with Crippen LogP contribution in [0.3, 0.4) is 0 Å². The van der Waals surface area contributed by atoms with Gasteiger partial charge in [-0.25, -0.2) is 0 Å². The van der Waals surface area contributed by atoms with Crippen LogP contribution < -0.4 is 15.2 Å². The predicted molar refractivity (Wildman–Crippen MR) is 98.3 cm³/mol. The number of benzene rings is 1. The summed E-state index contributed by atoms with van der Waals surface area (Å²) in [6.45, 7) is 5.23. The average Bonchev–Trinajstić information content (AvgIpc) is 3.24. The molecule has 0 aliphatic heterocycles. The highest BCUT2D eigenvalue weighted by atomic mass is 35.5. The number of halogens is 1. The second-order valence-electron chi connectivity index (χ2n) is 6.23. The Morgan fingerprint density at radius 1 is 1.16 bits per heavy atom. The van der Waals surface area contributed by atoms with E-state index in [4.69, 9.17) is 19.7 Å². The molecule has 1 aliphatic rings. The van der Waals surface area contributed by atoms with E-state index in [0.717, 1.165) is 43.4 Å². The lowest BCUT2D eigenvalue weighted by Crippen LogP contribution is -2.34. The number of nitrogens with two attached hydrogens (primary N) is 1. The summed E-state index contributed by atoms with van der Waals surface area (Å²) < 4.78 is 16.8. The van der Waals surface area contributed by atoms with Gasteiger partial charge in [-0.2, -0.15) is 4.98 Å². The zero-order valence-electron chi connectivity index (χ0n) is 14.8. The van der Waals surface area contributed by atoms with E-state index >= 15 is 0 Å². The van der Waals surface area contributed by atoms with Crippen molar-refractivity contribution in [3.05, 3.63) is 24.0 Å². The summed E-state index contributed by atoms with van der Waals surface area (Å²) in [5.74, 6) is 2.48. The predicted octanol–water partition coefficient (Wildman–Crippen LogP) is 4.07. The summed E-state index contributed by atoms with van der Waals surface area (Å²) in [6.07, 6.45) is 4.97. The molecular weight excluding hydrogens is 342 g/mol. The van der Waals surface area contributed by atoms with Crippen LogP contribution in [0.1, 0.15) is 51.8 Å². The largest absolute Gasteiger partial charge is 0.490 e. The van der Waals surface area contributed by atoms with Gasteiger partial charge in [-0.1, -0.05) is 24.9 Å². The Hall–Kier alpha value is -1.79. The van der Waals surface area contributed by atoms with Gasteiger partial charge in [0.05, 0.1) is 18.8 Å². The van der Waals surface area contributed by atoms with Gasteiger partial charge >= 0.3 is 0 Å². The number of hydrogen-bond donors (Lipinski definition) is 1. The van der Waals surface area contributed by atoms with E-state index in [0.29, 0.717) is 30.7 Å². The van der Waals surface area contributed by atoms with Crippen LogP contribution in [-0.2, 0) is 5.54 Å². The van der Waals surface area contributed by atoms with Gasteiger partial charge in [-0.3, -0.25) is 0 Å². The molecule has 3 rings (SSSR count). The maximum Gasteiger partial charge on any atom is 0.258 e. The summed E-state index contributed by atoms with van der Waals surface area (Å²) in [4.78, 5) is 4.53. The zero-order valence-corrected chi connectivity index (χ0v) is 15.6. The smallest absolute Gasteiger partial charge is 0.258 e. The van der Waals surface area contributed by atoms with Gasteiger partial charge in [0.25, 0.3) is 5.89 Å². The van der Waals surface area contributed by atoms with Crippen LogP contribution in [0.2, 0.25) is 0 Å². The molecule has 0 spiro atoms. The lowest BCUT2D eigenvalue weighted by atomic mass is 9.99. The van der Waals surface area contributed by atoms with Gasteiger partial charge in [0.2, 0.25) is 0 Å². The van der Waals surface area contributed by atoms with E-state index in [-0.39, 0.29) is 12.4 Å². The average molecular weight is 368 g/mol. The molecule has 0 atom stereocenters. The monoisotopic (exact) mass is 367 g/mol. The zero-order chi connectivity index (χ0) is 17.0. The van der Waals surface area contributed by atoms with Crippen LogP contribution >= 0.6 is 12.4 Å². The van der Waals surface area contributed by atoms with Crippen molar-refractivity contribution in [3.8, 4) is 23.0 Å². The van der Waals surface area contributed by atoms with Crippen molar-refractivity contribution in [2.45, 2.75) is 51.5 Å². The third-order valence-corrected chi connectivity index (χ3v) is 4.32. The van der Waals surface area contributed by atoms with Crippen molar-refractivity contribution in [2.24, 2.45) is 5.73 Å². The van der Waals surface area contributed by atoms with Crippen molar-refractivity contribution in [1.29, 1.82) is 0 Å². The van der Waals surface area contributed by atoms with Crippen molar-refractivity contribution in [2.75, 3.05) is 13.2 Å². The summed E-state index contributed by atoms with van der Waals surface area (Å²) in [7, 11) is 0. The number of hydrogen-bond acceptors (Lipinski definition) is 6. The van der Waals surface area contributed by atoms with Gasteiger partial charge in [-0.05, 0) is 44.4 Å². The van der Waals surface area contributed by atoms with Crippen LogP contribution in [0.15, 0.2) is 22.7 Å². The molecule has 1 saturated carbocycles. The van der Waals surface area contributed by atoms with Crippen molar-refractivity contribution in [3.63, 3.8) is 0 Å². The molecule has 0 saturated heterocycles. The van der Waals surface area contributed by atoms with Crippen LogP contribution in [0.4, 0.5) is 0 Å². The first-order chi connectivity index (χ1) is 11.7. The van der Waals surface area contributed by atoms with Gasteiger partial charge in [-0.15, -0.1) is 12.4 Å². The molecule has 2 aromatic rings. The molecule has 1 aliphatic carbocycles. The summed E-state index contributed by atoms with van der Waals surface area (Å²) in [5, 5.41) is 4.11. The van der Waals surface area contributed by atoms with Crippen LogP contribution in [0.5, 0.6) is 11.5 Å². The molecule has 2 N–H and O–H groups in total. The molecule has 0 radical (unpaired) electrons. The van der Waals surface area contributed by atoms with E-state index in [1.54, 1.807) is 0 Å². The first kappa shape index (κ1) is 19.5. The topological polar surface area (TPSA) is 83.4 Å². The third-order valence-electron chi connectivity index (χ3n) is 4.32. The van der Waals surface area contributed by atoms with Crippen LogP contribution in [0, 0.1) is 0 Å². The van der Waals surface area contributed by atoms with Crippen molar-refractivity contribution >= 4 is 12.4 Å². The highest BCUT2D eigenvalue weighted by Crippen LogP contribution is 2.37. The molecule has 1 aromatic carbocycles. The fourth-order valence-corrected chi connectivity index (χ4v) is 3.01. The third kappa shape index (κ3) is 4.25. The minimum absolute atomic E-state index is 0. The lowest BCUT2D eigenvalue weighted by molar-refractivity contribution is 0.277. The molecule has 138 valence electrons. The Labute approximate surface area is 154 Å². The molecular formula is C18H26ClN3O3. The Morgan fingerprint density at radius 2 is 1.92 bits per heavy atom. The first-order valence-electron chi connectivity index (χ1n) is 8.69. The minimum atomic E-state index is -0.450. The Kier molecular flexibility index (Phi) is 6.67. The van der Waals surface area contributed by atoms with Crippen LogP contribution in [-0.4, -0.2) is 23.4 Å². The minimum Gasteiger partial charge on any atom is -0.490 e. The molecule has 1 fully saturated rings. The van der Waals surface area contributed by atoms with E-state index in [2.05, 4.69) is 17.1 Å². The van der Waals surface area contributed by atoms with Gasteiger partial charge < -0.3 is 19.7 Å². The van der Waals surface area contributed by atoms with Crippen molar-refractivity contribution in [1.82, 2.24) is 10.1 Å². The number of rotatable bonds is 7. The quantitative estimate of drug-likeness (QED) is 0.794. The maximum atomic E-state index is 6.40. The standard InChI is InChI=1S/C18H25N3O3.ClH/c1-3-11-23-14-8-7-13(12-15(14)22-4-2)16-20-17(21-24-16)18(19)9-5-6-10-18;/h7-8,12H,3-6,9-11,19H2,1-2H3;1H. The Morgan fingerprint density at radius 3 is 2.60 bits per heavy atom. The molecule has 6 nitrogen and oxygen atoms in total. The lowest BCUT2D eigenvalue weighted by Gasteiger charge is -2.17. The summed E-state index contributed by atoms with van der Waals surface area (Å²) in [6, 6.07) is 5.67. The highest BCUT2D eigenvalue weighted by Gasteiger charge is 2.36. The van der Waals surface area contributed by atoms with E-state index < -0.39 is 5.54 Å². The summed E-state index contributed by atoms with van der Waals surface area (Å²) >= 11 is 0. The second kappa shape index (κ2) is 8.54. The number of ether oxygens (including phenoxy) is 2. The number of aromatic nitrogens is 2. The molecule has 7 heteroatoms. The second-order valence-corrected chi connectivity index (χ2v) is 6.23. The summed E-state index contributed by atoms with van der Waals surface area (Å²) in [5.41, 5.74) is 6.76. The normalized spacial score (nSPS) is 15.6. The Balaban J connectivity index is 0.00000225. The molecule has 0 unspecified atom stereocenters. The maximum absolute atomic E-state index is 6.40. The molecule has 1 heterocycles. The van der Waals surface area contributed by atoms with E-state index in [1.165, 1.54) is 0 Å². The number of nitrogens with zero attached hydrogens (tertiary/aromatic N) is 2. The molecule has 25 heavy (non-hydrogen) atoms. The van der Waals surface area contributed by atoms with Crippen LogP contribution in [0.25, 0.3) is 11.5 Å². The Bertz CT molecular complexity index is 684. The van der Waals surface area contributed by atoms with Gasteiger partial charge in [0.15, 0.2) is 17.3 Å². The fourth-order valence-electron chi connectivity index (χ4n) is 3.01. The molecule has 1 aromatic heterocycles. The van der Waals surface area contributed by atoms with Gasteiger partial charge in [0.1, 0.15) is 0 Å². The molecule has 0 amide bonds. The van der Waals surface area contributed by atoms with E-state index in [9.17, 15) is 0 Å². The van der Waals surface area contributed by atoms with E-state index in [1.807, 2.05) is 25.1 Å². The first-order valence-corrected chi connectivity index (χ1v) is 8.69. The van der Waals surface area contributed by atoms with Crippen molar-refractivity contribution < 1.29 is 14.0 Å². The fraction of sp³-hybridized carbons (Fsp3) is 0.556. The highest BCUT2D eigenvalue weighted by molar-refractivity contribution is 5.85. The van der Waals surface area contributed by atoms with Gasteiger partial charge in [0, 0.05) is 5.56 Å². The molecule has 0 bridgehead atoms. The SMILES string of the molecule is CCCOc1ccc(-c2nc(C3(N)CCCC3)no2)cc1OCC.Cl.